The second kappa shape index (κ2) is 9.28. The van der Waals surface area contributed by atoms with Gasteiger partial charge < -0.3 is 14.7 Å². The van der Waals surface area contributed by atoms with Gasteiger partial charge in [-0.3, -0.25) is 19.5 Å². The first kappa shape index (κ1) is 25.5. The Kier molecular flexibility index (Phi) is 6.97. The van der Waals surface area contributed by atoms with Gasteiger partial charge in [-0.15, -0.1) is 0 Å². The summed E-state index contributed by atoms with van der Waals surface area (Å²) in [5, 5.41) is 7.80. The molecule has 1 aromatic rings. The van der Waals surface area contributed by atoms with Crippen LogP contribution in [0.15, 0.2) is 35.3 Å². The number of fused-ring (bicyclic) bond motifs is 3. The summed E-state index contributed by atoms with van der Waals surface area (Å²) in [6.45, 7) is 2.32. The molecule has 3 aliphatic rings. The maximum Gasteiger partial charge on any atom is 0.490 e. The van der Waals surface area contributed by atoms with Gasteiger partial charge in [-0.1, -0.05) is 42.1 Å². The summed E-state index contributed by atoms with van der Waals surface area (Å²) < 4.78 is 36.8. The van der Waals surface area contributed by atoms with Crippen LogP contribution in [0.5, 0.6) is 0 Å². The second-order valence-corrected chi connectivity index (χ2v) is 8.73. The monoisotopic (exact) mass is 501 g/mol. The van der Waals surface area contributed by atoms with E-state index >= 15 is 0 Å². The highest BCUT2D eigenvalue weighted by Gasteiger charge is 2.71. The van der Waals surface area contributed by atoms with Gasteiger partial charge in [0.2, 0.25) is 11.8 Å². The minimum atomic E-state index is -5.08. The molecule has 0 bridgehead atoms. The summed E-state index contributed by atoms with van der Waals surface area (Å²) in [4.78, 5) is 55.8. The molecule has 0 radical (unpaired) electrons. The minimum absolute atomic E-state index is 0.214. The van der Waals surface area contributed by atoms with Crippen LogP contribution in [0, 0.1) is 11.8 Å². The molecule has 0 aliphatic carbocycles. The zero-order valence-corrected chi connectivity index (χ0v) is 19.2. The Morgan fingerprint density at radius 1 is 1.24 bits per heavy atom. The van der Waals surface area contributed by atoms with E-state index < -0.39 is 35.5 Å². The third kappa shape index (κ3) is 4.12. The first-order chi connectivity index (χ1) is 15.9. The van der Waals surface area contributed by atoms with Crippen molar-refractivity contribution in [3.05, 3.63) is 35.9 Å². The van der Waals surface area contributed by atoms with Crippen molar-refractivity contribution in [2.45, 2.75) is 31.2 Å². The lowest BCUT2D eigenvalue weighted by atomic mass is 9.81. The number of imide groups is 1. The molecule has 1 aromatic carbocycles. The van der Waals surface area contributed by atoms with Crippen LogP contribution in [0.25, 0.3) is 0 Å². The fourth-order valence-corrected chi connectivity index (χ4v) is 5.41. The Morgan fingerprint density at radius 2 is 1.82 bits per heavy atom. The van der Waals surface area contributed by atoms with Crippen LogP contribution in [0.2, 0.25) is 0 Å². The molecule has 9 nitrogen and oxygen atoms in total. The summed E-state index contributed by atoms with van der Waals surface area (Å²) in [5.74, 6) is -5.15. The molecular formula is C21H22F3N3O6S. The van der Waals surface area contributed by atoms with Crippen molar-refractivity contribution in [3.8, 4) is 0 Å². The zero-order valence-electron chi connectivity index (χ0n) is 18.4. The van der Waals surface area contributed by atoms with E-state index in [9.17, 15) is 27.6 Å². The Balaban J connectivity index is 0.000000406. The van der Waals surface area contributed by atoms with Gasteiger partial charge in [0.25, 0.3) is 0 Å². The van der Waals surface area contributed by atoms with Gasteiger partial charge in [0.15, 0.2) is 5.17 Å². The number of esters is 1. The zero-order chi connectivity index (χ0) is 25.4. The van der Waals surface area contributed by atoms with Crippen LogP contribution in [0.3, 0.4) is 0 Å². The number of nitrogens with zero attached hydrogens (tertiary/aromatic N) is 3. The van der Waals surface area contributed by atoms with Crippen molar-refractivity contribution in [1.82, 2.24) is 9.80 Å². The summed E-state index contributed by atoms with van der Waals surface area (Å²) in [5.41, 5.74) is -0.357. The topological polar surface area (TPSA) is 117 Å². The molecule has 2 saturated heterocycles. The number of hydrogen-bond donors (Lipinski definition) is 1. The van der Waals surface area contributed by atoms with Gasteiger partial charge >= 0.3 is 18.1 Å². The van der Waals surface area contributed by atoms with Crippen molar-refractivity contribution in [1.29, 1.82) is 0 Å². The molecule has 2 amide bonds. The van der Waals surface area contributed by atoms with E-state index in [0.717, 1.165) is 5.56 Å². The number of alkyl halides is 3. The average molecular weight is 501 g/mol. The third-order valence-electron chi connectivity index (χ3n) is 6.12. The average Bonchev–Trinajstić information content (AvgIpc) is 3.41. The lowest BCUT2D eigenvalue weighted by Gasteiger charge is -2.37. The van der Waals surface area contributed by atoms with Crippen molar-refractivity contribution >= 4 is 40.7 Å². The van der Waals surface area contributed by atoms with Crippen LogP contribution in [0.1, 0.15) is 12.5 Å². The molecule has 1 N–H and O–H groups in total. The number of carboxylic acid groups (broad SMARTS) is 1. The Hall–Kier alpha value is -3.09. The SMILES string of the molecule is COC(=O)[C@@]1(C)[C@H]2C(=O)N(Cc3ccccc3)C(=O)[C@H]2[C@H]2CN=C(SC)N21.O=C(O)C(F)(F)F. The maximum atomic E-state index is 13.3. The number of rotatable bonds is 3. The number of methoxy groups -OCH3 is 1. The standard InChI is InChI=1S/C19H21N3O4S.C2HF3O2/c1-19(17(25)26-2)14-13(12-9-20-18(27-3)22(12)19)15(23)21(16(14)24)10-11-7-5-4-6-8-11;3-2(4,5)1(6)7/h4-8,12-14H,9-10H2,1-3H3;(H,6,7)/t12-,13+,14-,19-;/m1./s1. The molecule has 184 valence electrons. The number of carbonyl (C=O) groups is 4. The number of thioether (sulfide) groups is 1. The van der Waals surface area contributed by atoms with E-state index in [4.69, 9.17) is 14.6 Å². The Labute approximate surface area is 196 Å². The number of hydrogen-bond acceptors (Lipinski definition) is 8. The molecule has 0 spiro atoms. The number of amides is 2. The van der Waals surface area contributed by atoms with E-state index in [0.29, 0.717) is 11.7 Å². The molecule has 0 saturated carbocycles. The normalized spacial score (nSPS) is 27.6. The quantitative estimate of drug-likeness (QED) is 0.492. The molecular weight excluding hydrogens is 479 g/mol. The largest absolute Gasteiger partial charge is 0.490 e. The van der Waals surface area contributed by atoms with E-state index in [-0.39, 0.29) is 24.4 Å². The van der Waals surface area contributed by atoms with Crippen LogP contribution < -0.4 is 0 Å². The van der Waals surface area contributed by atoms with Crippen molar-refractivity contribution in [2.75, 3.05) is 19.9 Å². The highest BCUT2D eigenvalue weighted by molar-refractivity contribution is 8.13. The molecule has 2 fully saturated rings. The highest BCUT2D eigenvalue weighted by atomic mass is 32.2. The number of ether oxygens (including phenoxy) is 1. The highest BCUT2D eigenvalue weighted by Crippen LogP contribution is 2.52. The second-order valence-electron chi connectivity index (χ2n) is 7.96. The number of benzene rings is 1. The van der Waals surface area contributed by atoms with Gasteiger partial charge in [0.1, 0.15) is 5.54 Å². The first-order valence-electron chi connectivity index (χ1n) is 10.0. The van der Waals surface area contributed by atoms with Crippen LogP contribution in [-0.4, -0.2) is 81.5 Å². The summed E-state index contributed by atoms with van der Waals surface area (Å²) in [6.07, 6.45) is -3.21. The maximum absolute atomic E-state index is 13.3. The predicted octanol–water partition coefficient (Wildman–Crippen LogP) is 1.77. The van der Waals surface area contributed by atoms with Crippen LogP contribution in [0.4, 0.5) is 13.2 Å². The van der Waals surface area contributed by atoms with Crippen molar-refractivity contribution < 1.29 is 42.2 Å². The minimum Gasteiger partial charge on any atom is -0.475 e. The first-order valence-corrected chi connectivity index (χ1v) is 11.3. The van der Waals surface area contributed by atoms with E-state index in [1.807, 2.05) is 41.5 Å². The van der Waals surface area contributed by atoms with Gasteiger partial charge in [0, 0.05) is 0 Å². The van der Waals surface area contributed by atoms with Gasteiger partial charge in [-0.05, 0) is 18.7 Å². The molecule has 3 aliphatic heterocycles. The summed E-state index contributed by atoms with van der Waals surface area (Å²) in [6, 6.07) is 9.10. The molecule has 4 rings (SSSR count). The number of halogens is 3. The molecule has 3 heterocycles. The number of carbonyl (C=O) groups excluding carboxylic acids is 3. The smallest absolute Gasteiger partial charge is 0.475 e. The lowest BCUT2D eigenvalue weighted by molar-refractivity contribution is -0.192. The molecule has 4 atom stereocenters. The number of carboxylic acids is 1. The van der Waals surface area contributed by atoms with Crippen LogP contribution in [-0.2, 0) is 30.5 Å². The summed E-state index contributed by atoms with van der Waals surface area (Å²) >= 11 is 1.42. The Bertz CT molecular complexity index is 1030. The summed E-state index contributed by atoms with van der Waals surface area (Å²) in [7, 11) is 1.31. The number of amidine groups is 1. The van der Waals surface area contributed by atoms with Gasteiger partial charge in [-0.2, -0.15) is 13.2 Å². The van der Waals surface area contributed by atoms with Crippen molar-refractivity contribution in [2.24, 2.45) is 16.8 Å². The predicted molar refractivity (Wildman–Crippen MR) is 115 cm³/mol. The number of aliphatic imine (C=N–C) groups is 1. The van der Waals surface area contributed by atoms with E-state index in [2.05, 4.69) is 4.99 Å². The van der Waals surface area contributed by atoms with Gasteiger partial charge in [-0.25, -0.2) is 9.59 Å². The fraction of sp³-hybridized carbons (Fsp3) is 0.476. The number of likely N-dealkylation sites (tertiary alicyclic amines) is 1. The lowest BCUT2D eigenvalue weighted by Crippen LogP contribution is -2.57. The third-order valence-corrected chi connectivity index (χ3v) is 6.81. The van der Waals surface area contributed by atoms with Crippen molar-refractivity contribution in [3.63, 3.8) is 0 Å². The van der Waals surface area contributed by atoms with E-state index in [1.54, 1.807) is 6.92 Å². The fourth-order valence-electron chi connectivity index (χ4n) is 4.68. The molecule has 0 unspecified atom stereocenters. The Morgan fingerprint density at radius 3 is 2.32 bits per heavy atom. The molecule has 0 aromatic heterocycles. The van der Waals surface area contributed by atoms with E-state index in [1.165, 1.54) is 23.8 Å². The van der Waals surface area contributed by atoms with Gasteiger partial charge in [0.05, 0.1) is 38.1 Å². The van der Waals surface area contributed by atoms with Crippen LogP contribution >= 0.6 is 11.8 Å². The number of aliphatic carboxylic acids is 1. The molecule has 13 heteroatoms. The molecule has 34 heavy (non-hydrogen) atoms.